The van der Waals surface area contributed by atoms with E-state index in [1.165, 1.54) is 11.3 Å². The first-order valence-corrected chi connectivity index (χ1v) is 13.2. The smallest absolute Gasteiger partial charge is 0.326 e. The Morgan fingerprint density at radius 2 is 1.86 bits per heavy atom. The lowest BCUT2D eigenvalue weighted by Gasteiger charge is -2.35. The average molecular weight is 525 g/mol. The van der Waals surface area contributed by atoms with Crippen molar-refractivity contribution in [3.63, 3.8) is 0 Å². The molecule has 196 valence electrons. The minimum absolute atomic E-state index is 0.118. The van der Waals surface area contributed by atoms with E-state index in [2.05, 4.69) is 10.3 Å². The maximum Gasteiger partial charge on any atom is 0.326 e. The third-order valence-corrected chi connectivity index (χ3v) is 8.00. The van der Waals surface area contributed by atoms with Crippen LogP contribution in [0.25, 0.3) is 0 Å². The average Bonchev–Trinajstić information content (AvgIpc) is 3.51. The van der Waals surface area contributed by atoms with Gasteiger partial charge in [0.05, 0.1) is 6.54 Å². The van der Waals surface area contributed by atoms with Gasteiger partial charge in [-0.2, -0.15) is 4.99 Å². The molecule has 0 radical (unpaired) electrons. The molecule has 0 saturated heterocycles. The van der Waals surface area contributed by atoms with Crippen molar-refractivity contribution >= 4 is 40.9 Å². The van der Waals surface area contributed by atoms with Gasteiger partial charge in [0.1, 0.15) is 17.3 Å². The Morgan fingerprint density at radius 1 is 1.16 bits per heavy atom. The molecule has 2 heterocycles. The lowest BCUT2D eigenvalue weighted by atomic mass is 9.82. The van der Waals surface area contributed by atoms with Crippen LogP contribution in [0.2, 0.25) is 0 Å². The minimum atomic E-state index is -1.12. The molecule has 9 nitrogen and oxygen atoms in total. The van der Waals surface area contributed by atoms with E-state index in [0.29, 0.717) is 30.8 Å². The summed E-state index contributed by atoms with van der Waals surface area (Å²) in [6.45, 7) is 2.60. The fourth-order valence-corrected chi connectivity index (χ4v) is 6.05. The number of amidine groups is 1. The number of aliphatic carboxylic acids is 1. The largest absolute Gasteiger partial charge is 0.480 e. The Morgan fingerprint density at radius 3 is 2.54 bits per heavy atom. The Kier molecular flexibility index (Phi) is 7.89. The van der Waals surface area contributed by atoms with E-state index in [1.807, 2.05) is 37.2 Å². The van der Waals surface area contributed by atoms with Gasteiger partial charge in [0.25, 0.3) is 11.8 Å². The first-order valence-electron chi connectivity index (χ1n) is 12.4. The second-order valence-electron chi connectivity index (χ2n) is 10.0. The monoisotopic (exact) mass is 524 g/mol. The molecule has 0 unspecified atom stereocenters. The maximum atomic E-state index is 13.3. The first kappa shape index (κ1) is 26.7. The number of nitrogens with zero attached hydrogens (tertiary/aromatic N) is 3. The molecule has 2 aliphatic rings. The second kappa shape index (κ2) is 10.9. The van der Waals surface area contributed by atoms with Crippen LogP contribution in [0.3, 0.4) is 0 Å². The molecule has 1 aromatic heterocycles. The molecule has 1 saturated carbocycles. The summed E-state index contributed by atoms with van der Waals surface area (Å²) in [5, 5.41) is 12.4. The van der Waals surface area contributed by atoms with Crippen molar-refractivity contribution < 1.29 is 24.3 Å². The molecule has 1 spiro atoms. The number of hydrogen-bond acceptors (Lipinski definition) is 6. The van der Waals surface area contributed by atoms with E-state index in [9.17, 15) is 24.3 Å². The zero-order valence-electron chi connectivity index (χ0n) is 21.3. The number of carboxylic acids is 1. The summed E-state index contributed by atoms with van der Waals surface area (Å²) in [6.07, 6.45) is 2.86. The molecule has 1 fully saturated rings. The van der Waals surface area contributed by atoms with E-state index in [0.717, 1.165) is 28.2 Å². The molecule has 2 aromatic rings. The Hall–Kier alpha value is -3.37. The molecular weight excluding hydrogens is 492 g/mol. The summed E-state index contributed by atoms with van der Waals surface area (Å²) in [6, 6.07) is 9.70. The van der Waals surface area contributed by atoms with Gasteiger partial charge in [0.15, 0.2) is 0 Å². The number of aliphatic imine (C=N–C) groups is 1. The van der Waals surface area contributed by atoms with Gasteiger partial charge in [-0.3, -0.25) is 19.3 Å². The zero-order valence-corrected chi connectivity index (χ0v) is 22.1. The molecule has 1 aliphatic carbocycles. The summed E-state index contributed by atoms with van der Waals surface area (Å²) in [5.74, 6) is -1.70. The van der Waals surface area contributed by atoms with Crippen LogP contribution in [-0.4, -0.2) is 64.6 Å². The standard InChI is InChI=1S/C27H32N4O5S/c1-17-28-25(35)27(11-4-5-12-27)26(36)31(17)16-21-10-9-20(37-21)14-22(24(33)34)29-23(32)19-8-6-7-18(13-19)15-30(2)3/h6-10,13,22H,4-5,11-12,14-16H2,1-3H3,(H,29,32)(H,33,34)/t22-/m0/s1. The Bertz CT molecular complexity index is 1240. The van der Waals surface area contributed by atoms with Crippen molar-refractivity contribution in [2.24, 2.45) is 10.4 Å². The summed E-state index contributed by atoms with van der Waals surface area (Å²) >= 11 is 1.39. The van der Waals surface area contributed by atoms with Crippen LogP contribution in [0.15, 0.2) is 41.4 Å². The van der Waals surface area contributed by atoms with E-state index < -0.39 is 23.3 Å². The van der Waals surface area contributed by atoms with Crippen LogP contribution in [0.4, 0.5) is 0 Å². The van der Waals surface area contributed by atoms with Crippen molar-refractivity contribution in [2.45, 2.75) is 58.2 Å². The van der Waals surface area contributed by atoms with E-state index in [1.54, 1.807) is 30.0 Å². The molecule has 37 heavy (non-hydrogen) atoms. The first-order chi connectivity index (χ1) is 17.6. The van der Waals surface area contributed by atoms with Gasteiger partial charge in [-0.15, -0.1) is 11.3 Å². The number of thiophene rings is 1. The molecule has 1 aromatic carbocycles. The fraction of sp³-hybridized carbons (Fsp3) is 0.444. The Balaban J connectivity index is 1.43. The highest BCUT2D eigenvalue weighted by atomic mass is 32.1. The Labute approximate surface area is 220 Å². The highest BCUT2D eigenvalue weighted by molar-refractivity contribution is 7.12. The van der Waals surface area contributed by atoms with Crippen LogP contribution in [0.5, 0.6) is 0 Å². The predicted molar refractivity (Wildman–Crippen MR) is 140 cm³/mol. The van der Waals surface area contributed by atoms with Gasteiger partial charge in [0, 0.05) is 28.3 Å². The predicted octanol–water partition coefficient (Wildman–Crippen LogP) is 3.08. The van der Waals surface area contributed by atoms with Crippen molar-refractivity contribution in [3.8, 4) is 0 Å². The molecule has 0 bridgehead atoms. The highest BCUT2D eigenvalue weighted by Gasteiger charge is 2.52. The summed E-state index contributed by atoms with van der Waals surface area (Å²) in [5.41, 5.74) is 0.341. The van der Waals surface area contributed by atoms with E-state index in [-0.39, 0.29) is 24.8 Å². The van der Waals surface area contributed by atoms with Crippen molar-refractivity contribution in [2.75, 3.05) is 14.1 Å². The molecular formula is C27H32N4O5S. The topological polar surface area (TPSA) is 119 Å². The van der Waals surface area contributed by atoms with Gasteiger partial charge in [0.2, 0.25) is 5.91 Å². The third kappa shape index (κ3) is 5.80. The summed E-state index contributed by atoms with van der Waals surface area (Å²) < 4.78 is 0. The molecule has 4 rings (SSSR count). The fourth-order valence-electron chi connectivity index (χ4n) is 5.00. The lowest BCUT2D eigenvalue weighted by molar-refractivity contribution is -0.148. The SMILES string of the molecule is CC1=NC(=O)C2(CCCC2)C(=O)N1Cc1ccc(C[C@H](NC(=O)c2cccc(CN(C)C)c2)C(=O)O)s1. The number of hydrogen-bond donors (Lipinski definition) is 2. The molecule has 3 amide bonds. The van der Waals surface area contributed by atoms with Gasteiger partial charge in [-0.05, 0) is 63.7 Å². The number of rotatable bonds is 9. The van der Waals surface area contributed by atoms with Crippen LogP contribution in [0, 0.1) is 5.41 Å². The zero-order chi connectivity index (χ0) is 26.7. The van der Waals surface area contributed by atoms with Crippen LogP contribution < -0.4 is 5.32 Å². The van der Waals surface area contributed by atoms with Gasteiger partial charge < -0.3 is 15.3 Å². The number of carbonyl (C=O) groups excluding carboxylic acids is 3. The van der Waals surface area contributed by atoms with Gasteiger partial charge >= 0.3 is 5.97 Å². The summed E-state index contributed by atoms with van der Waals surface area (Å²) in [4.78, 5) is 60.0. The molecule has 2 N–H and O–H groups in total. The second-order valence-corrected chi connectivity index (χ2v) is 11.3. The molecule has 10 heteroatoms. The highest BCUT2D eigenvalue weighted by Crippen LogP contribution is 2.43. The van der Waals surface area contributed by atoms with Crippen LogP contribution >= 0.6 is 11.3 Å². The van der Waals surface area contributed by atoms with E-state index >= 15 is 0 Å². The van der Waals surface area contributed by atoms with Crippen LogP contribution in [-0.2, 0) is 33.9 Å². The van der Waals surface area contributed by atoms with E-state index in [4.69, 9.17) is 0 Å². The van der Waals surface area contributed by atoms with Crippen molar-refractivity contribution in [3.05, 3.63) is 57.3 Å². The lowest BCUT2D eigenvalue weighted by Crippen LogP contribution is -2.52. The van der Waals surface area contributed by atoms with Gasteiger partial charge in [-0.25, -0.2) is 4.79 Å². The molecule has 1 aliphatic heterocycles. The number of carboxylic acid groups (broad SMARTS) is 1. The third-order valence-electron chi connectivity index (χ3n) is 6.90. The van der Waals surface area contributed by atoms with Gasteiger partial charge in [-0.1, -0.05) is 25.0 Å². The minimum Gasteiger partial charge on any atom is -0.480 e. The number of nitrogens with one attached hydrogen (secondary N) is 1. The van der Waals surface area contributed by atoms with Crippen molar-refractivity contribution in [1.82, 2.24) is 15.1 Å². The summed E-state index contributed by atoms with van der Waals surface area (Å²) in [7, 11) is 3.87. The number of benzene rings is 1. The number of carbonyl (C=O) groups is 4. The number of amides is 3. The quantitative estimate of drug-likeness (QED) is 0.487. The van der Waals surface area contributed by atoms with Crippen molar-refractivity contribution in [1.29, 1.82) is 0 Å². The molecule has 1 atom stereocenters. The normalized spacial score (nSPS) is 17.8. The maximum absolute atomic E-state index is 13.3. The van der Waals surface area contributed by atoms with Crippen LogP contribution in [0.1, 0.15) is 58.3 Å².